The van der Waals surface area contributed by atoms with Gasteiger partial charge in [-0.25, -0.2) is 0 Å². The third-order valence-corrected chi connectivity index (χ3v) is 10.5. The number of aldehydes is 1. The van der Waals surface area contributed by atoms with Gasteiger partial charge in [-0.2, -0.15) is 0 Å². The summed E-state index contributed by atoms with van der Waals surface area (Å²) in [6, 6.07) is 0. The molecule has 2 aliphatic carbocycles. The Hall–Kier alpha value is -5.48. The van der Waals surface area contributed by atoms with E-state index in [-0.39, 0.29) is 42.7 Å². The molecule has 0 saturated heterocycles. The third kappa shape index (κ3) is 17.4. The average molecular weight is 827 g/mol. The molecule has 60 heavy (non-hydrogen) atoms. The lowest BCUT2D eigenvalue weighted by molar-refractivity contribution is -0.157. The summed E-state index contributed by atoms with van der Waals surface area (Å²) in [5, 5.41) is 15.8. The quantitative estimate of drug-likeness (QED) is 0.0729. The number of aliphatic carboxylic acids is 1. The molecule has 326 valence electrons. The first-order valence-electron chi connectivity index (χ1n) is 20.3. The topological polar surface area (TPSA) is 161 Å². The van der Waals surface area contributed by atoms with Crippen molar-refractivity contribution < 1.29 is 48.5 Å². The van der Waals surface area contributed by atoms with Crippen LogP contribution < -0.4 is 0 Å². The van der Waals surface area contributed by atoms with Gasteiger partial charge in [0.2, 0.25) is 0 Å². The zero-order valence-corrected chi connectivity index (χ0v) is 37.4. The van der Waals surface area contributed by atoms with Crippen LogP contribution in [0.4, 0.5) is 0 Å². The number of aliphatic hydroxyl groups is 1. The molecule has 3 atom stereocenters. The fourth-order valence-corrected chi connectivity index (χ4v) is 6.78. The minimum Gasteiger partial charge on any atom is -0.481 e. The van der Waals surface area contributed by atoms with Gasteiger partial charge in [-0.3, -0.25) is 24.0 Å². The standard InChI is InChI=1S/C49H62O9.CH4O/c1-11-49(10)32-42(58-44(53)23-16-30-50)47(56)38(7)40(49)27-25-36(5)22-15-20-34(3)18-13-12-17-33(2)19-14-21-35(4)24-26-39-37(6)46(55)41(31-48(39,8)9)57-45(54)29-28-43(51)52;1-2/h12-15,17-22,24-27,30,41-42H,11,16,23,28-29,31-32H2,1-10H3,(H,51,52);2H,1H3/b13-12+,19-14+,20-15+,26-24+,27-25+,33-17+,34-18+,35-21+,36-22+;. The van der Waals surface area contributed by atoms with Crippen LogP contribution >= 0.6 is 0 Å². The first kappa shape index (κ1) is 52.5. The number of ether oxygens (including phenoxy) is 2. The van der Waals surface area contributed by atoms with E-state index in [0.717, 1.165) is 47.0 Å². The van der Waals surface area contributed by atoms with Gasteiger partial charge in [-0.1, -0.05) is 135 Å². The fraction of sp³-hybridized carbons (Fsp3) is 0.440. The zero-order chi connectivity index (χ0) is 45.6. The number of Topliss-reactive ketones (excluding diaryl/α,β-unsaturated/α-hetero) is 2. The van der Waals surface area contributed by atoms with Gasteiger partial charge < -0.3 is 24.5 Å². The molecule has 2 aliphatic rings. The summed E-state index contributed by atoms with van der Waals surface area (Å²) in [6.07, 6.45) is 27.7. The number of esters is 2. The number of ketones is 2. The number of allylic oxidation sites excluding steroid dienone is 20. The zero-order valence-electron chi connectivity index (χ0n) is 37.4. The molecule has 0 heterocycles. The minimum atomic E-state index is -1.09. The largest absolute Gasteiger partial charge is 0.481 e. The van der Waals surface area contributed by atoms with Crippen molar-refractivity contribution in [1.29, 1.82) is 0 Å². The predicted molar refractivity (Wildman–Crippen MR) is 238 cm³/mol. The highest BCUT2D eigenvalue weighted by Crippen LogP contribution is 2.44. The van der Waals surface area contributed by atoms with Crippen molar-refractivity contribution in [1.82, 2.24) is 0 Å². The second-order valence-electron chi connectivity index (χ2n) is 16.0. The van der Waals surface area contributed by atoms with Crippen LogP contribution in [0.3, 0.4) is 0 Å². The molecule has 10 nitrogen and oxygen atoms in total. The Labute approximate surface area is 357 Å². The summed E-state index contributed by atoms with van der Waals surface area (Å²) in [4.78, 5) is 71.7. The van der Waals surface area contributed by atoms with E-state index in [4.69, 9.17) is 19.7 Å². The molecule has 0 aliphatic heterocycles. The van der Waals surface area contributed by atoms with Crippen LogP contribution in [0.5, 0.6) is 0 Å². The van der Waals surface area contributed by atoms with Crippen LogP contribution in [0, 0.1) is 10.8 Å². The molecule has 0 aromatic heterocycles. The number of aliphatic hydroxyl groups excluding tert-OH is 1. The van der Waals surface area contributed by atoms with Crippen LogP contribution in [-0.4, -0.2) is 65.3 Å². The second-order valence-corrected chi connectivity index (χ2v) is 16.0. The van der Waals surface area contributed by atoms with E-state index in [0.29, 0.717) is 30.3 Å². The lowest BCUT2D eigenvalue weighted by Gasteiger charge is -2.38. The van der Waals surface area contributed by atoms with Crippen LogP contribution in [0.15, 0.2) is 130 Å². The monoisotopic (exact) mass is 826 g/mol. The van der Waals surface area contributed by atoms with Crippen molar-refractivity contribution in [2.45, 2.75) is 126 Å². The van der Waals surface area contributed by atoms with E-state index in [1.807, 2.05) is 127 Å². The van der Waals surface area contributed by atoms with Crippen LogP contribution in [0.1, 0.15) is 114 Å². The summed E-state index contributed by atoms with van der Waals surface area (Å²) >= 11 is 0. The Kier molecular flexibility index (Phi) is 22.7. The Bertz CT molecular complexity index is 1930. The second kappa shape index (κ2) is 25.9. The van der Waals surface area contributed by atoms with E-state index in [9.17, 15) is 28.8 Å². The number of carboxylic acid groups (broad SMARTS) is 1. The summed E-state index contributed by atoms with van der Waals surface area (Å²) in [5.74, 6) is -2.75. The van der Waals surface area contributed by atoms with Crippen LogP contribution in [0.2, 0.25) is 0 Å². The number of hydrogen-bond donors (Lipinski definition) is 2. The maximum absolute atomic E-state index is 13.1. The molecule has 0 saturated carbocycles. The van der Waals surface area contributed by atoms with Gasteiger partial charge in [-0.15, -0.1) is 0 Å². The maximum Gasteiger partial charge on any atom is 0.307 e. The van der Waals surface area contributed by atoms with Crippen LogP contribution in [0.25, 0.3) is 0 Å². The van der Waals surface area contributed by atoms with E-state index >= 15 is 0 Å². The SMILES string of the molecule is CCC1(C)CC(OC(=O)CCC=O)C(=O)C(C)=C1/C=C/C(C)=C/C=C/C(C)=C/C=C/C=C(C)/C=C/C=C(C)/C=C/C1=C(C)C(=O)C(OC(=O)CCC(=O)O)CC1(C)C.CO. The van der Waals surface area contributed by atoms with Crippen molar-refractivity contribution in [3.8, 4) is 0 Å². The molecule has 0 aromatic rings. The minimum absolute atomic E-state index is 0.0262. The Morgan fingerprint density at radius 1 is 0.650 bits per heavy atom. The highest BCUT2D eigenvalue weighted by molar-refractivity contribution is 6.02. The first-order chi connectivity index (χ1) is 28.2. The summed E-state index contributed by atoms with van der Waals surface area (Å²) < 4.78 is 10.8. The third-order valence-electron chi connectivity index (χ3n) is 10.5. The van der Waals surface area contributed by atoms with Gasteiger partial charge in [0.05, 0.1) is 19.3 Å². The molecule has 0 aromatic carbocycles. The van der Waals surface area contributed by atoms with Gasteiger partial charge in [0.1, 0.15) is 6.29 Å². The van der Waals surface area contributed by atoms with Crippen molar-refractivity contribution in [3.05, 3.63) is 130 Å². The summed E-state index contributed by atoms with van der Waals surface area (Å²) in [5.41, 5.74) is 6.33. The molecular formula is C50H66O10. The van der Waals surface area contributed by atoms with E-state index in [2.05, 4.69) is 13.8 Å². The van der Waals surface area contributed by atoms with Crippen LogP contribution in [-0.2, 0) is 38.2 Å². The van der Waals surface area contributed by atoms with E-state index in [1.54, 1.807) is 13.8 Å². The number of carbonyl (C=O) groups is 6. The normalized spacial score (nSPS) is 22.1. The van der Waals surface area contributed by atoms with Gasteiger partial charge in [0.15, 0.2) is 23.8 Å². The van der Waals surface area contributed by atoms with Gasteiger partial charge in [-0.05, 0) is 81.1 Å². The van der Waals surface area contributed by atoms with Crippen molar-refractivity contribution in [2.24, 2.45) is 10.8 Å². The molecule has 10 heteroatoms. The van der Waals surface area contributed by atoms with Crippen molar-refractivity contribution in [2.75, 3.05) is 7.11 Å². The number of hydrogen-bond acceptors (Lipinski definition) is 9. The van der Waals surface area contributed by atoms with Gasteiger partial charge >= 0.3 is 17.9 Å². The lowest BCUT2D eigenvalue weighted by Crippen LogP contribution is -2.40. The molecule has 0 amide bonds. The highest BCUT2D eigenvalue weighted by Gasteiger charge is 2.42. The molecule has 2 rings (SSSR count). The molecule has 2 N–H and O–H groups in total. The molecule has 3 unspecified atom stereocenters. The lowest BCUT2D eigenvalue weighted by atomic mass is 9.68. The molecule has 0 spiro atoms. The van der Waals surface area contributed by atoms with Gasteiger partial charge in [0, 0.05) is 26.4 Å². The molecular weight excluding hydrogens is 761 g/mol. The Morgan fingerprint density at radius 2 is 1.07 bits per heavy atom. The number of rotatable bonds is 19. The predicted octanol–water partition coefficient (Wildman–Crippen LogP) is 9.85. The van der Waals surface area contributed by atoms with E-state index < -0.39 is 35.5 Å². The van der Waals surface area contributed by atoms with Crippen molar-refractivity contribution in [3.63, 3.8) is 0 Å². The molecule has 0 fully saturated rings. The van der Waals surface area contributed by atoms with Crippen molar-refractivity contribution >= 4 is 35.8 Å². The maximum atomic E-state index is 13.1. The molecule has 0 radical (unpaired) electrons. The highest BCUT2D eigenvalue weighted by atomic mass is 16.6. The smallest absolute Gasteiger partial charge is 0.307 e. The fourth-order valence-electron chi connectivity index (χ4n) is 6.78. The number of carbonyl (C=O) groups excluding carboxylic acids is 5. The Morgan fingerprint density at radius 3 is 1.53 bits per heavy atom. The molecule has 0 bridgehead atoms. The Balaban J connectivity index is 0.00000886. The first-order valence-corrected chi connectivity index (χ1v) is 20.3. The summed E-state index contributed by atoms with van der Waals surface area (Å²) in [7, 11) is 1.00. The number of carboxylic acids is 1. The summed E-state index contributed by atoms with van der Waals surface area (Å²) in [6.45, 7) is 19.7. The van der Waals surface area contributed by atoms with Gasteiger partial charge in [0.25, 0.3) is 0 Å². The average Bonchev–Trinajstić information content (AvgIpc) is 3.19. The van der Waals surface area contributed by atoms with E-state index in [1.165, 1.54) is 0 Å².